The zero-order valence-electron chi connectivity index (χ0n) is 23.8. The highest BCUT2D eigenvalue weighted by Crippen LogP contribution is 2.34. The van der Waals surface area contributed by atoms with E-state index in [-0.39, 0.29) is 17.9 Å². The second-order valence-electron chi connectivity index (χ2n) is 11.1. The maximum absolute atomic E-state index is 13.2. The number of carbonyl (C=O) groups excluding carboxylic acids is 3. The van der Waals surface area contributed by atoms with Gasteiger partial charge in [-0.25, -0.2) is 4.79 Å². The van der Waals surface area contributed by atoms with E-state index in [2.05, 4.69) is 16.7 Å². The maximum Gasteiger partial charge on any atom is 0.407 e. The van der Waals surface area contributed by atoms with Gasteiger partial charge in [-0.2, -0.15) is 5.26 Å². The zero-order chi connectivity index (χ0) is 30.3. The number of alkyl carbamates (subject to hydrolysis) is 1. The molecule has 0 saturated heterocycles. The quantitative estimate of drug-likeness (QED) is 0.289. The lowest BCUT2D eigenvalue weighted by Gasteiger charge is -2.29. The van der Waals surface area contributed by atoms with Crippen molar-refractivity contribution in [2.45, 2.75) is 58.1 Å². The van der Waals surface area contributed by atoms with Crippen LogP contribution in [0.2, 0.25) is 0 Å². The molecule has 0 radical (unpaired) electrons. The first kappa shape index (κ1) is 29.9. The van der Waals surface area contributed by atoms with Crippen molar-refractivity contribution in [3.8, 4) is 29.1 Å². The average molecular weight is 571 g/mol. The Morgan fingerprint density at radius 2 is 1.38 bits per heavy atom. The van der Waals surface area contributed by atoms with Crippen LogP contribution in [0.25, 0.3) is 0 Å². The highest BCUT2D eigenvalue weighted by Gasteiger charge is 2.28. The lowest BCUT2D eigenvalue weighted by Crippen LogP contribution is -2.42. The van der Waals surface area contributed by atoms with E-state index in [1.54, 1.807) is 66.7 Å². The summed E-state index contributed by atoms with van der Waals surface area (Å²) in [6, 6.07) is 20.1. The van der Waals surface area contributed by atoms with Crippen LogP contribution in [0.1, 0.15) is 62.4 Å². The molecule has 4 N–H and O–H groups in total. The molecule has 1 aliphatic rings. The fourth-order valence-corrected chi connectivity index (χ4v) is 4.54. The predicted octanol–water partition coefficient (Wildman–Crippen LogP) is 6.26. The third-order valence-corrected chi connectivity index (χ3v) is 6.56. The summed E-state index contributed by atoms with van der Waals surface area (Å²) in [6.07, 6.45) is 2.10. The van der Waals surface area contributed by atoms with Crippen molar-refractivity contribution in [1.82, 2.24) is 5.32 Å². The zero-order valence-corrected chi connectivity index (χ0v) is 23.8. The van der Waals surface area contributed by atoms with E-state index in [1.165, 1.54) is 0 Å². The number of nitrogens with two attached hydrogens (primary N) is 1. The number of nitrogens with zero attached hydrogens (tertiary/aromatic N) is 1. The molecule has 42 heavy (non-hydrogen) atoms. The molecule has 1 saturated carbocycles. The number of ether oxygens (including phenoxy) is 3. The minimum Gasteiger partial charge on any atom is -0.457 e. The van der Waals surface area contributed by atoms with E-state index in [0.29, 0.717) is 65.5 Å². The number of carbonyl (C=O) groups is 3. The number of hydrogen-bond acceptors (Lipinski definition) is 7. The summed E-state index contributed by atoms with van der Waals surface area (Å²) in [7, 11) is 0. The molecule has 0 bridgehead atoms. The summed E-state index contributed by atoms with van der Waals surface area (Å²) in [5.41, 5.74) is 6.08. The lowest BCUT2D eigenvalue weighted by atomic mass is 9.85. The Kier molecular flexibility index (Phi) is 9.32. The van der Waals surface area contributed by atoms with Crippen LogP contribution in [-0.4, -0.2) is 29.6 Å². The van der Waals surface area contributed by atoms with Crippen LogP contribution >= 0.6 is 0 Å². The first-order valence-electron chi connectivity index (χ1n) is 13.7. The van der Waals surface area contributed by atoms with E-state index in [4.69, 9.17) is 25.2 Å². The van der Waals surface area contributed by atoms with Gasteiger partial charge in [-0.3, -0.25) is 9.59 Å². The Bertz CT molecular complexity index is 1460. The summed E-state index contributed by atoms with van der Waals surface area (Å²) in [5, 5.41) is 14.9. The number of rotatable bonds is 8. The minimum atomic E-state index is -0.574. The molecule has 4 rings (SSSR count). The van der Waals surface area contributed by atoms with Crippen molar-refractivity contribution in [2.24, 2.45) is 11.7 Å². The van der Waals surface area contributed by atoms with Crippen molar-refractivity contribution < 1.29 is 28.6 Å². The Labute approximate surface area is 244 Å². The summed E-state index contributed by atoms with van der Waals surface area (Å²) >= 11 is 0. The van der Waals surface area contributed by atoms with Gasteiger partial charge < -0.3 is 30.6 Å². The third kappa shape index (κ3) is 8.73. The van der Waals surface area contributed by atoms with Crippen LogP contribution in [0.15, 0.2) is 66.7 Å². The van der Waals surface area contributed by atoms with Gasteiger partial charge in [0, 0.05) is 41.4 Å². The molecule has 3 aromatic rings. The van der Waals surface area contributed by atoms with Crippen LogP contribution in [-0.2, 0) is 9.53 Å². The number of amides is 3. The van der Waals surface area contributed by atoms with Gasteiger partial charge in [0.05, 0.1) is 11.6 Å². The van der Waals surface area contributed by atoms with E-state index < -0.39 is 17.6 Å². The molecule has 0 heterocycles. The fourth-order valence-electron chi connectivity index (χ4n) is 4.54. The number of primary amides is 1. The van der Waals surface area contributed by atoms with Crippen LogP contribution < -0.4 is 25.8 Å². The molecule has 1 aliphatic carbocycles. The number of nitriles is 1. The topological polar surface area (TPSA) is 153 Å². The average Bonchev–Trinajstić information content (AvgIpc) is 2.93. The summed E-state index contributed by atoms with van der Waals surface area (Å²) in [4.78, 5) is 36.7. The molecule has 0 spiro atoms. The molecule has 218 valence electrons. The second kappa shape index (κ2) is 13.1. The van der Waals surface area contributed by atoms with Crippen LogP contribution in [0.3, 0.4) is 0 Å². The standard InChI is InChI=1S/C32H34N4O6/c1-32(2,3)42-31(39)36-23-10-6-22(7-11-23)30(38)35-24-16-27(40-25-12-4-20(19-33)5-13-25)18-28(17-24)41-26-14-8-21(9-15-26)29(34)37/h4-5,8-9,12-18,22-23H,6-7,10-11H2,1-3H3,(H2,34,37)(H,35,38)(H,36,39). The molecule has 0 atom stereocenters. The van der Waals surface area contributed by atoms with E-state index >= 15 is 0 Å². The van der Waals surface area contributed by atoms with Gasteiger partial charge in [0.1, 0.15) is 28.6 Å². The number of benzene rings is 3. The molecular formula is C32H34N4O6. The Balaban J connectivity index is 1.46. The van der Waals surface area contributed by atoms with E-state index in [1.807, 2.05) is 20.8 Å². The monoisotopic (exact) mass is 570 g/mol. The fraction of sp³-hybridized carbons (Fsp3) is 0.312. The smallest absolute Gasteiger partial charge is 0.407 e. The van der Waals surface area contributed by atoms with Crippen molar-refractivity contribution in [2.75, 3.05) is 5.32 Å². The number of anilines is 1. The number of nitrogens with one attached hydrogen (secondary N) is 2. The van der Waals surface area contributed by atoms with Crippen molar-refractivity contribution in [1.29, 1.82) is 5.26 Å². The Morgan fingerprint density at radius 1 is 0.833 bits per heavy atom. The predicted molar refractivity (Wildman–Crippen MR) is 156 cm³/mol. The molecule has 0 aliphatic heterocycles. The van der Waals surface area contributed by atoms with Crippen LogP contribution in [0.4, 0.5) is 10.5 Å². The van der Waals surface area contributed by atoms with Gasteiger partial charge in [-0.1, -0.05) is 0 Å². The maximum atomic E-state index is 13.2. The van der Waals surface area contributed by atoms with Crippen LogP contribution in [0, 0.1) is 17.2 Å². The largest absolute Gasteiger partial charge is 0.457 e. The van der Waals surface area contributed by atoms with E-state index in [9.17, 15) is 14.4 Å². The molecule has 3 aromatic carbocycles. The summed E-state index contributed by atoms with van der Waals surface area (Å²) in [5.74, 6) is 0.862. The number of hydrogen-bond donors (Lipinski definition) is 3. The van der Waals surface area contributed by atoms with E-state index in [0.717, 1.165) is 0 Å². The summed E-state index contributed by atoms with van der Waals surface area (Å²) < 4.78 is 17.3. The third-order valence-electron chi connectivity index (χ3n) is 6.56. The van der Waals surface area contributed by atoms with Gasteiger partial charge >= 0.3 is 6.09 Å². The second-order valence-corrected chi connectivity index (χ2v) is 11.1. The van der Waals surface area contributed by atoms with Gasteiger partial charge in [-0.15, -0.1) is 0 Å². The first-order valence-corrected chi connectivity index (χ1v) is 13.7. The minimum absolute atomic E-state index is 0.0472. The summed E-state index contributed by atoms with van der Waals surface area (Å²) in [6.45, 7) is 5.44. The van der Waals surface area contributed by atoms with Crippen molar-refractivity contribution >= 4 is 23.6 Å². The van der Waals surface area contributed by atoms with Crippen molar-refractivity contribution in [3.63, 3.8) is 0 Å². The molecule has 1 fully saturated rings. The molecule has 0 aromatic heterocycles. The molecule has 10 heteroatoms. The highest BCUT2D eigenvalue weighted by molar-refractivity contribution is 5.93. The van der Waals surface area contributed by atoms with Gasteiger partial charge in [0.25, 0.3) is 0 Å². The molecule has 10 nitrogen and oxygen atoms in total. The van der Waals surface area contributed by atoms with Gasteiger partial charge in [0.15, 0.2) is 0 Å². The molecule has 3 amide bonds. The van der Waals surface area contributed by atoms with Crippen LogP contribution in [0.5, 0.6) is 23.0 Å². The Morgan fingerprint density at radius 3 is 1.88 bits per heavy atom. The lowest BCUT2D eigenvalue weighted by molar-refractivity contribution is -0.120. The molecular weight excluding hydrogens is 536 g/mol. The highest BCUT2D eigenvalue weighted by atomic mass is 16.6. The van der Waals surface area contributed by atoms with Gasteiger partial charge in [-0.05, 0) is 95.0 Å². The normalized spacial score (nSPS) is 16.4. The van der Waals surface area contributed by atoms with Crippen molar-refractivity contribution in [3.05, 3.63) is 77.9 Å². The molecule has 0 unspecified atom stereocenters. The first-order chi connectivity index (χ1) is 20.0. The van der Waals surface area contributed by atoms with Gasteiger partial charge in [0.2, 0.25) is 11.8 Å². The SMILES string of the molecule is CC(C)(C)OC(=O)NC1CCC(C(=O)Nc2cc(Oc3ccc(C#N)cc3)cc(Oc3ccc(C(N)=O)cc3)c2)CC1. The Hall–Kier alpha value is -5.04.